The molecule has 0 unspecified atom stereocenters. The number of hydrogen-bond acceptors (Lipinski definition) is 3. The van der Waals surface area contributed by atoms with Gasteiger partial charge < -0.3 is 0 Å². The molecule has 0 aliphatic heterocycles. The molecule has 1 heterocycles. The summed E-state index contributed by atoms with van der Waals surface area (Å²) in [4.78, 5) is 13.3. The summed E-state index contributed by atoms with van der Waals surface area (Å²) in [6.07, 6.45) is 0. The minimum atomic E-state index is -2.63. The molecule has 7 heteroatoms. The predicted molar refractivity (Wildman–Crippen MR) is 152 cm³/mol. The van der Waals surface area contributed by atoms with Gasteiger partial charge in [-0.05, 0) is 64.7 Å². The van der Waals surface area contributed by atoms with Crippen LogP contribution in [0, 0.1) is 0 Å². The molecule has 5 aromatic rings. The van der Waals surface area contributed by atoms with Crippen molar-refractivity contribution in [3.8, 4) is 11.4 Å². The van der Waals surface area contributed by atoms with Crippen molar-refractivity contribution in [2.75, 3.05) is 0 Å². The van der Waals surface area contributed by atoms with Gasteiger partial charge in [-0.1, -0.05) is 113 Å². The third-order valence-electron chi connectivity index (χ3n) is 5.84. The molecule has 3 nitrogen and oxygen atoms in total. The SMILES string of the molecule is Brc1nc(Br)nc(-c2cc([Si](c3ccccc3)(c3ccccc3)c3ccccc3)ccc2Br)n1. The Labute approximate surface area is 224 Å². The van der Waals surface area contributed by atoms with E-state index in [1.807, 2.05) is 0 Å². The highest BCUT2D eigenvalue weighted by molar-refractivity contribution is 9.11. The van der Waals surface area contributed by atoms with E-state index < -0.39 is 8.07 Å². The standard InChI is InChI=1S/C27H18Br3N3Si/c28-24-17-16-22(18-23(24)25-31-26(29)33-27(30)32-25)34(19-10-4-1-5-11-19,20-12-6-2-7-13-20)21-14-8-3-9-15-21/h1-18H. The lowest BCUT2D eigenvalue weighted by molar-refractivity contribution is 0.983. The van der Waals surface area contributed by atoms with Crippen LogP contribution in [0.15, 0.2) is 123 Å². The molecule has 0 bridgehead atoms. The first-order chi connectivity index (χ1) is 16.6. The van der Waals surface area contributed by atoms with Crippen molar-refractivity contribution < 1.29 is 0 Å². The maximum atomic E-state index is 4.56. The van der Waals surface area contributed by atoms with E-state index in [2.05, 4.69) is 172 Å². The normalized spacial score (nSPS) is 11.4. The molecule has 0 spiro atoms. The van der Waals surface area contributed by atoms with Crippen LogP contribution in [0.3, 0.4) is 0 Å². The molecule has 0 fully saturated rings. The fourth-order valence-corrected chi connectivity index (χ4v) is 10.5. The Morgan fingerprint density at radius 3 is 1.35 bits per heavy atom. The van der Waals surface area contributed by atoms with Crippen molar-refractivity contribution in [1.82, 2.24) is 15.0 Å². The molecule has 5 rings (SSSR count). The molecule has 0 saturated heterocycles. The maximum Gasteiger partial charge on any atom is 0.201 e. The van der Waals surface area contributed by atoms with E-state index in [9.17, 15) is 0 Å². The van der Waals surface area contributed by atoms with Gasteiger partial charge in [0.05, 0.1) is 0 Å². The lowest BCUT2D eigenvalue weighted by Gasteiger charge is -2.34. The predicted octanol–water partition coefficient (Wildman–Crippen LogP) is 5.20. The average Bonchev–Trinajstić information content (AvgIpc) is 2.87. The molecule has 0 N–H and O–H groups in total. The molecule has 0 atom stereocenters. The Morgan fingerprint density at radius 2 is 0.912 bits per heavy atom. The summed E-state index contributed by atoms with van der Waals surface area (Å²) >= 11 is 10.5. The number of halogens is 3. The van der Waals surface area contributed by atoms with Crippen LogP contribution in [-0.4, -0.2) is 23.0 Å². The van der Waals surface area contributed by atoms with Gasteiger partial charge in [-0.25, -0.2) is 9.97 Å². The van der Waals surface area contributed by atoms with Crippen LogP contribution in [0.4, 0.5) is 0 Å². The van der Waals surface area contributed by atoms with Crippen molar-refractivity contribution in [1.29, 1.82) is 0 Å². The molecule has 0 amide bonds. The zero-order valence-electron chi connectivity index (χ0n) is 17.9. The highest BCUT2D eigenvalue weighted by atomic mass is 79.9. The second kappa shape index (κ2) is 10.0. The number of rotatable bonds is 5. The van der Waals surface area contributed by atoms with Crippen molar-refractivity contribution >= 4 is 76.6 Å². The Balaban J connectivity index is 1.87. The van der Waals surface area contributed by atoms with Crippen LogP contribution >= 0.6 is 47.8 Å². The fraction of sp³-hybridized carbons (Fsp3) is 0. The van der Waals surface area contributed by atoms with Gasteiger partial charge in [0.2, 0.25) is 9.47 Å². The molecule has 0 aliphatic carbocycles. The van der Waals surface area contributed by atoms with Crippen LogP contribution < -0.4 is 20.7 Å². The summed E-state index contributed by atoms with van der Waals surface area (Å²) in [5.74, 6) is 0.597. The summed E-state index contributed by atoms with van der Waals surface area (Å²) in [6, 6.07) is 39.1. The van der Waals surface area contributed by atoms with Gasteiger partial charge in [0.25, 0.3) is 0 Å². The lowest BCUT2D eigenvalue weighted by atomic mass is 10.2. The van der Waals surface area contributed by atoms with Gasteiger partial charge in [-0.2, -0.15) is 4.98 Å². The van der Waals surface area contributed by atoms with E-state index >= 15 is 0 Å². The van der Waals surface area contributed by atoms with E-state index in [0.29, 0.717) is 15.3 Å². The van der Waals surface area contributed by atoms with Crippen LogP contribution in [-0.2, 0) is 0 Å². The monoisotopic (exact) mass is 649 g/mol. The summed E-state index contributed by atoms with van der Waals surface area (Å²) in [6.45, 7) is 0. The highest BCUT2D eigenvalue weighted by Gasteiger charge is 2.41. The van der Waals surface area contributed by atoms with E-state index in [-0.39, 0.29) is 0 Å². The van der Waals surface area contributed by atoms with Gasteiger partial charge in [0.15, 0.2) is 13.9 Å². The zero-order chi connectivity index (χ0) is 23.5. The fourth-order valence-electron chi connectivity index (χ4n) is 4.44. The zero-order valence-corrected chi connectivity index (χ0v) is 23.6. The average molecular weight is 652 g/mol. The molecule has 1 aromatic heterocycles. The number of nitrogens with zero attached hydrogens (tertiary/aromatic N) is 3. The minimum Gasteiger partial charge on any atom is -0.202 e. The lowest BCUT2D eigenvalue weighted by Crippen LogP contribution is -2.74. The minimum absolute atomic E-state index is 0.486. The number of benzene rings is 4. The largest absolute Gasteiger partial charge is 0.202 e. The van der Waals surface area contributed by atoms with E-state index in [1.165, 1.54) is 20.7 Å². The molecule has 166 valence electrons. The molecule has 0 saturated carbocycles. The van der Waals surface area contributed by atoms with Crippen LogP contribution in [0.5, 0.6) is 0 Å². The van der Waals surface area contributed by atoms with Crippen molar-refractivity contribution in [2.45, 2.75) is 0 Å². The summed E-state index contributed by atoms with van der Waals surface area (Å²) < 4.78 is 1.90. The van der Waals surface area contributed by atoms with Gasteiger partial charge in [0.1, 0.15) is 0 Å². The Bertz CT molecular complexity index is 1320. The van der Waals surface area contributed by atoms with Gasteiger partial charge in [-0.3, -0.25) is 0 Å². The van der Waals surface area contributed by atoms with Crippen LogP contribution in [0.2, 0.25) is 0 Å². The highest BCUT2D eigenvalue weighted by Crippen LogP contribution is 2.27. The number of aromatic nitrogens is 3. The van der Waals surface area contributed by atoms with Crippen LogP contribution in [0.25, 0.3) is 11.4 Å². The first-order valence-corrected chi connectivity index (χ1v) is 15.0. The third-order valence-corrected chi connectivity index (χ3v) is 12.0. The second-order valence-corrected chi connectivity index (χ2v) is 13.8. The van der Waals surface area contributed by atoms with Crippen molar-refractivity contribution in [3.63, 3.8) is 0 Å². The van der Waals surface area contributed by atoms with Crippen LogP contribution in [0.1, 0.15) is 0 Å². The summed E-state index contributed by atoms with van der Waals surface area (Å²) in [5, 5.41) is 5.21. The first-order valence-electron chi connectivity index (χ1n) is 10.6. The molecular formula is C27H18Br3N3Si. The van der Waals surface area contributed by atoms with Crippen molar-refractivity contribution in [2.24, 2.45) is 0 Å². The Kier molecular flexibility index (Phi) is 6.88. The van der Waals surface area contributed by atoms with Crippen molar-refractivity contribution in [3.05, 3.63) is 123 Å². The summed E-state index contributed by atoms with van der Waals surface area (Å²) in [7, 11) is -2.63. The molecule has 0 radical (unpaired) electrons. The van der Waals surface area contributed by atoms with E-state index in [4.69, 9.17) is 0 Å². The molecule has 34 heavy (non-hydrogen) atoms. The van der Waals surface area contributed by atoms with E-state index in [1.54, 1.807) is 0 Å². The number of hydrogen-bond donors (Lipinski definition) is 0. The smallest absolute Gasteiger partial charge is 0.201 e. The quantitative estimate of drug-likeness (QED) is 0.194. The Morgan fingerprint density at radius 1 is 0.471 bits per heavy atom. The maximum absolute atomic E-state index is 4.56. The molecular weight excluding hydrogens is 634 g/mol. The van der Waals surface area contributed by atoms with Gasteiger partial charge >= 0.3 is 0 Å². The third kappa shape index (κ3) is 4.33. The second-order valence-electron chi connectivity index (χ2n) is 7.74. The Hall–Kier alpha value is -2.45. The first kappa shape index (κ1) is 23.3. The van der Waals surface area contributed by atoms with E-state index in [0.717, 1.165) is 10.0 Å². The topological polar surface area (TPSA) is 38.7 Å². The summed E-state index contributed by atoms with van der Waals surface area (Å²) in [5.41, 5.74) is 0.918. The molecule has 0 aliphatic rings. The molecule has 4 aromatic carbocycles. The van der Waals surface area contributed by atoms with Gasteiger partial charge in [0, 0.05) is 10.0 Å². The van der Waals surface area contributed by atoms with Gasteiger partial charge in [-0.15, -0.1) is 0 Å².